The Balaban J connectivity index is 0.00000169. The number of halogens is 2. The van der Waals surface area contributed by atoms with Crippen molar-refractivity contribution in [3.05, 3.63) is 45.7 Å². The fourth-order valence-corrected chi connectivity index (χ4v) is 4.66. The molecule has 0 radical (unpaired) electrons. The maximum absolute atomic E-state index is 14.5. The first kappa shape index (κ1) is 17.3. The van der Waals surface area contributed by atoms with Crippen LogP contribution in [0, 0.1) is 5.82 Å². The molecule has 1 aromatic carbocycles. The predicted molar refractivity (Wildman–Crippen MR) is 95.5 cm³/mol. The van der Waals surface area contributed by atoms with Crippen LogP contribution in [0.4, 0.5) is 10.1 Å². The Morgan fingerprint density at radius 1 is 1.38 bits per heavy atom. The van der Waals surface area contributed by atoms with E-state index >= 15 is 0 Å². The lowest BCUT2D eigenvalue weighted by molar-refractivity contribution is 0.0980. The van der Waals surface area contributed by atoms with E-state index in [1.165, 1.54) is 17.4 Å². The van der Waals surface area contributed by atoms with Gasteiger partial charge in [0.15, 0.2) is 0 Å². The molecular formula is C17H19ClFN3OS. The minimum absolute atomic E-state index is 0. The molecule has 24 heavy (non-hydrogen) atoms. The Hall–Kier alpha value is -1.50. The van der Waals surface area contributed by atoms with E-state index in [0.717, 1.165) is 36.3 Å². The van der Waals surface area contributed by atoms with Crippen LogP contribution in [0.3, 0.4) is 0 Å². The summed E-state index contributed by atoms with van der Waals surface area (Å²) in [5.74, 6) is -0.350. The molecule has 4 nitrogen and oxygen atoms in total. The summed E-state index contributed by atoms with van der Waals surface area (Å²) in [6, 6.07) is 5.02. The van der Waals surface area contributed by atoms with Crippen molar-refractivity contribution in [2.45, 2.75) is 37.6 Å². The van der Waals surface area contributed by atoms with Crippen molar-refractivity contribution in [2.24, 2.45) is 5.73 Å². The predicted octanol–water partition coefficient (Wildman–Crippen LogP) is 3.63. The van der Waals surface area contributed by atoms with Gasteiger partial charge in [-0.1, -0.05) is 18.9 Å². The normalized spacial score (nSPS) is 17.8. The third-order valence-corrected chi connectivity index (χ3v) is 5.90. The van der Waals surface area contributed by atoms with Gasteiger partial charge in [-0.15, -0.1) is 23.7 Å². The van der Waals surface area contributed by atoms with Crippen LogP contribution in [0.5, 0.6) is 0 Å². The van der Waals surface area contributed by atoms with Gasteiger partial charge in [-0.3, -0.25) is 4.79 Å². The lowest BCUT2D eigenvalue weighted by Crippen LogP contribution is -2.35. The zero-order valence-electron chi connectivity index (χ0n) is 13.1. The lowest BCUT2D eigenvalue weighted by atomic mass is 9.80. The molecule has 128 valence electrons. The SMILES string of the molecule is Cl.NCc1nc(C(=O)N2CC3(CCCC3)c3c(F)cccc32)cs1. The van der Waals surface area contributed by atoms with Gasteiger partial charge in [0, 0.05) is 29.4 Å². The second-order valence-electron chi connectivity index (χ2n) is 6.34. The van der Waals surface area contributed by atoms with Gasteiger partial charge in [0.2, 0.25) is 0 Å². The van der Waals surface area contributed by atoms with Gasteiger partial charge in [-0.25, -0.2) is 9.37 Å². The Morgan fingerprint density at radius 3 is 2.79 bits per heavy atom. The third kappa shape index (κ3) is 2.53. The molecule has 1 aliphatic carbocycles. The van der Waals surface area contributed by atoms with Gasteiger partial charge < -0.3 is 10.6 Å². The monoisotopic (exact) mass is 367 g/mol. The summed E-state index contributed by atoms with van der Waals surface area (Å²) in [5.41, 5.74) is 7.20. The van der Waals surface area contributed by atoms with Crippen LogP contribution in [0.15, 0.2) is 23.6 Å². The smallest absolute Gasteiger partial charge is 0.277 e. The Bertz CT molecular complexity index is 773. The number of anilines is 1. The number of nitrogens with zero attached hydrogens (tertiary/aromatic N) is 2. The molecule has 0 atom stereocenters. The number of rotatable bonds is 2. The third-order valence-electron chi connectivity index (χ3n) is 5.02. The molecule has 1 amide bonds. The molecule has 1 aromatic heterocycles. The van der Waals surface area contributed by atoms with E-state index in [0.29, 0.717) is 24.5 Å². The molecular weight excluding hydrogens is 349 g/mol. The average molecular weight is 368 g/mol. The number of hydrogen-bond acceptors (Lipinski definition) is 4. The topological polar surface area (TPSA) is 59.2 Å². The maximum Gasteiger partial charge on any atom is 0.277 e. The zero-order chi connectivity index (χ0) is 16.0. The molecule has 0 unspecified atom stereocenters. The van der Waals surface area contributed by atoms with E-state index in [9.17, 15) is 9.18 Å². The van der Waals surface area contributed by atoms with Gasteiger partial charge in [-0.05, 0) is 25.0 Å². The molecule has 4 rings (SSSR count). The molecule has 1 aliphatic heterocycles. The van der Waals surface area contributed by atoms with Crippen molar-refractivity contribution < 1.29 is 9.18 Å². The molecule has 0 saturated heterocycles. The standard InChI is InChI=1S/C17H18FN3OS.ClH/c18-11-4-3-5-13-15(11)17(6-1-2-7-17)10-21(13)16(22)12-9-23-14(8-19)20-12;/h3-5,9H,1-2,6-8,10,19H2;1H. The summed E-state index contributed by atoms with van der Waals surface area (Å²) < 4.78 is 14.5. The summed E-state index contributed by atoms with van der Waals surface area (Å²) in [7, 11) is 0. The first-order chi connectivity index (χ1) is 11.1. The number of hydrogen-bond donors (Lipinski definition) is 1. The first-order valence-corrected chi connectivity index (χ1v) is 8.78. The number of aromatic nitrogens is 1. The van der Waals surface area contributed by atoms with Crippen LogP contribution in [-0.2, 0) is 12.0 Å². The molecule has 1 spiro atoms. The second kappa shape index (κ2) is 6.43. The van der Waals surface area contributed by atoms with Gasteiger partial charge in [0.25, 0.3) is 5.91 Å². The number of nitrogens with two attached hydrogens (primary N) is 1. The van der Waals surface area contributed by atoms with Gasteiger partial charge in [0.05, 0.1) is 5.69 Å². The average Bonchev–Trinajstić information content (AvgIpc) is 3.27. The Morgan fingerprint density at radius 2 is 2.12 bits per heavy atom. The fourth-order valence-electron chi connectivity index (χ4n) is 4.01. The van der Waals surface area contributed by atoms with Crippen molar-refractivity contribution >= 4 is 35.3 Å². The number of carbonyl (C=O) groups is 1. The van der Waals surface area contributed by atoms with E-state index in [1.807, 2.05) is 6.07 Å². The van der Waals surface area contributed by atoms with Crippen molar-refractivity contribution in [3.8, 4) is 0 Å². The van der Waals surface area contributed by atoms with E-state index in [1.54, 1.807) is 16.3 Å². The minimum atomic E-state index is -0.219. The molecule has 7 heteroatoms. The largest absolute Gasteiger partial charge is 0.325 e. The summed E-state index contributed by atoms with van der Waals surface area (Å²) in [5, 5.41) is 2.48. The summed E-state index contributed by atoms with van der Waals surface area (Å²) in [4.78, 5) is 18.9. The number of carbonyl (C=O) groups excluding carboxylic acids is 1. The summed E-state index contributed by atoms with van der Waals surface area (Å²) in [6.07, 6.45) is 4.05. The minimum Gasteiger partial charge on any atom is -0.325 e. The van der Waals surface area contributed by atoms with Crippen LogP contribution < -0.4 is 10.6 Å². The number of thiazole rings is 1. The fraction of sp³-hybridized carbons (Fsp3) is 0.412. The molecule has 1 fully saturated rings. The summed E-state index contributed by atoms with van der Waals surface area (Å²) >= 11 is 1.39. The number of benzene rings is 1. The van der Waals surface area contributed by atoms with E-state index in [2.05, 4.69) is 4.98 Å². The van der Waals surface area contributed by atoms with Crippen LogP contribution >= 0.6 is 23.7 Å². The van der Waals surface area contributed by atoms with Crippen molar-refractivity contribution in [3.63, 3.8) is 0 Å². The lowest BCUT2D eigenvalue weighted by Gasteiger charge is -2.24. The number of fused-ring (bicyclic) bond motifs is 2. The van der Waals surface area contributed by atoms with E-state index in [4.69, 9.17) is 5.73 Å². The maximum atomic E-state index is 14.5. The zero-order valence-corrected chi connectivity index (χ0v) is 14.8. The van der Waals surface area contributed by atoms with Gasteiger partial charge in [-0.2, -0.15) is 0 Å². The highest BCUT2D eigenvalue weighted by Crippen LogP contribution is 2.51. The van der Waals surface area contributed by atoms with E-state index < -0.39 is 0 Å². The van der Waals surface area contributed by atoms with Crippen LogP contribution in [0.25, 0.3) is 0 Å². The number of amides is 1. The van der Waals surface area contributed by atoms with Crippen LogP contribution in [0.2, 0.25) is 0 Å². The van der Waals surface area contributed by atoms with Crippen molar-refractivity contribution in [1.82, 2.24) is 4.98 Å². The first-order valence-electron chi connectivity index (χ1n) is 7.90. The Kier molecular flexibility index (Phi) is 4.64. The van der Waals surface area contributed by atoms with E-state index in [-0.39, 0.29) is 29.5 Å². The van der Waals surface area contributed by atoms with Crippen molar-refractivity contribution in [1.29, 1.82) is 0 Å². The van der Waals surface area contributed by atoms with Crippen LogP contribution in [-0.4, -0.2) is 17.4 Å². The molecule has 2 N–H and O–H groups in total. The quantitative estimate of drug-likeness (QED) is 0.881. The summed E-state index contributed by atoms with van der Waals surface area (Å²) in [6.45, 7) is 0.880. The van der Waals surface area contributed by atoms with Gasteiger partial charge in [0.1, 0.15) is 16.5 Å². The molecule has 2 aromatic rings. The molecule has 0 bridgehead atoms. The highest BCUT2D eigenvalue weighted by atomic mass is 35.5. The van der Waals surface area contributed by atoms with Gasteiger partial charge >= 0.3 is 0 Å². The molecule has 1 saturated carbocycles. The van der Waals surface area contributed by atoms with Crippen molar-refractivity contribution in [2.75, 3.05) is 11.4 Å². The Labute approximate surface area is 150 Å². The van der Waals surface area contributed by atoms with Crippen LogP contribution in [0.1, 0.15) is 46.7 Å². The highest BCUT2D eigenvalue weighted by molar-refractivity contribution is 7.09. The molecule has 2 heterocycles. The second-order valence-corrected chi connectivity index (χ2v) is 7.29. The highest BCUT2D eigenvalue weighted by Gasteiger charge is 2.48. The molecule has 2 aliphatic rings.